The third-order valence-electron chi connectivity index (χ3n) is 3.49. The summed E-state index contributed by atoms with van der Waals surface area (Å²) in [5.41, 5.74) is -4.35. The molecule has 4 nitrogen and oxygen atoms in total. The molecule has 1 fully saturated rings. The zero-order valence-electron chi connectivity index (χ0n) is 12.0. The summed E-state index contributed by atoms with van der Waals surface area (Å²) in [6.07, 6.45) is 0.278. The molecule has 0 spiro atoms. The first kappa shape index (κ1) is 16.8. The zero-order valence-corrected chi connectivity index (χ0v) is 12.8. The molecular formula is C14H15F3N2O2S. The molecule has 1 atom stereocenters. The van der Waals surface area contributed by atoms with Crippen LogP contribution < -0.4 is 10.2 Å². The van der Waals surface area contributed by atoms with Gasteiger partial charge in [0.25, 0.3) is 0 Å². The van der Waals surface area contributed by atoms with E-state index in [2.05, 4.69) is 5.32 Å². The van der Waals surface area contributed by atoms with Crippen LogP contribution in [0.25, 0.3) is 0 Å². The summed E-state index contributed by atoms with van der Waals surface area (Å²) in [4.78, 5) is 24.5. The lowest BCUT2D eigenvalue weighted by atomic mass is 9.92. The highest BCUT2D eigenvalue weighted by atomic mass is 32.2. The third kappa shape index (κ3) is 3.61. The number of ketones is 1. The van der Waals surface area contributed by atoms with E-state index >= 15 is 0 Å². The van der Waals surface area contributed by atoms with Crippen molar-refractivity contribution in [3.8, 4) is 0 Å². The highest BCUT2D eigenvalue weighted by molar-refractivity contribution is 8.00. The van der Waals surface area contributed by atoms with E-state index in [1.54, 1.807) is 18.7 Å². The number of halogens is 3. The Bertz CT molecular complexity index is 572. The molecular weight excluding hydrogens is 317 g/mol. The number of anilines is 1. The van der Waals surface area contributed by atoms with Crippen LogP contribution >= 0.6 is 11.8 Å². The second-order valence-electron chi connectivity index (χ2n) is 5.49. The number of alkyl halides is 3. The van der Waals surface area contributed by atoms with Crippen molar-refractivity contribution in [1.82, 2.24) is 5.32 Å². The topological polar surface area (TPSA) is 49.4 Å². The normalized spacial score (nSPS) is 21.0. The summed E-state index contributed by atoms with van der Waals surface area (Å²) in [6.45, 7) is 3.93. The maximum atomic E-state index is 12.3. The van der Waals surface area contributed by atoms with Gasteiger partial charge >= 0.3 is 5.51 Å². The van der Waals surface area contributed by atoms with Gasteiger partial charge in [-0.1, -0.05) is 0 Å². The molecule has 1 N–H and O–H groups in total. The Hall–Kier alpha value is -1.54. The van der Waals surface area contributed by atoms with Crippen LogP contribution in [-0.4, -0.2) is 35.8 Å². The number of nitrogens with one attached hydrogen (secondary N) is 1. The summed E-state index contributed by atoms with van der Waals surface area (Å²) < 4.78 is 37.0. The monoisotopic (exact) mass is 332 g/mol. The number of nitrogens with zero attached hydrogens (tertiary/aromatic N) is 1. The molecule has 8 heteroatoms. The van der Waals surface area contributed by atoms with Crippen molar-refractivity contribution in [2.24, 2.45) is 0 Å². The Morgan fingerprint density at radius 2 is 1.95 bits per heavy atom. The first-order chi connectivity index (χ1) is 10.1. The van der Waals surface area contributed by atoms with E-state index in [-0.39, 0.29) is 22.9 Å². The van der Waals surface area contributed by atoms with Crippen molar-refractivity contribution >= 4 is 29.5 Å². The number of hydrogen-bond donors (Lipinski definition) is 1. The minimum Gasteiger partial charge on any atom is -0.346 e. The molecule has 1 aliphatic rings. The van der Waals surface area contributed by atoms with Crippen LogP contribution in [0.3, 0.4) is 0 Å². The summed E-state index contributed by atoms with van der Waals surface area (Å²) in [7, 11) is 0. The number of carbonyl (C=O) groups is 2. The summed E-state index contributed by atoms with van der Waals surface area (Å²) in [5.74, 6) is -0.566. The molecule has 1 unspecified atom stereocenters. The van der Waals surface area contributed by atoms with Crippen molar-refractivity contribution in [2.75, 3.05) is 11.6 Å². The average molecular weight is 332 g/mol. The van der Waals surface area contributed by atoms with Crippen LogP contribution in [0.1, 0.15) is 13.8 Å². The molecule has 120 valence electrons. The summed E-state index contributed by atoms with van der Waals surface area (Å²) >= 11 is -0.194. The fraction of sp³-hybridized carbons (Fsp3) is 0.429. The Labute approximate surface area is 130 Å². The standard InChI is InChI=1S/C14H15F3N2O2S/c1-13(2)12(11(21)7-20)19(8-18-13)9-3-5-10(6-4-9)22-14(15,16)17/h3-7,12,18H,8H2,1-2H3. The van der Waals surface area contributed by atoms with Gasteiger partial charge in [0.15, 0.2) is 6.29 Å². The van der Waals surface area contributed by atoms with Crippen LogP contribution in [0.2, 0.25) is 0 Å². The highest BCUT2D eigenvalue weighted by Crippen LogP contribution is 2.38. The van der Waals surface area contributed by atoms with Gasteiger partial charge in [-0.15, -0.1) is 0 Å². The third-order valence-corrected chi connectivity index (χ3v) is 4.23. The van der Waals surface area contributed by atoms with Crippen LogP contribution in [0.5, 0.6) is 0 Å². The van der Waals surface area contributed by atoms with E-state index in [9.17, 15) is 22.8 Å². The van der Waals surface area contributed by atoms with Gasteiger partial charge in [0.2, 0.25) is 5.78 Å². The average Bonchev–Trinajstić information content (AvgIpc) is 2.73. The van der Waals surface area contributed by atoms with Crippen molar-refractivity contribution in [3.63, 3.8) is 0 Å². The fourth-order valence-electron chi connectivity index (χ4n) is 2.52. The largest absolute Gasteiger partial charge is 0.446 e. The van der Waals surface area contributed by atoms with Gasteiger partial charge in [-0.25, -0.2) is 0 Å². The van der Waals surface area contributed by atoms with Gasteiger partial charge in [0.05, 0.1) is 6.67 Å². The number of benzene rings is 1. The minimum atomic E-state index is -4.34. The number of rotatable bonds is 4. The van der Waals surface area contributed by atoms with Crippen LogP contribution in [0.15, 0.2) is 29.2 Å². The van der Waals surface area contributed by atoms with Crippen LogP contribution in [-0.2, 0) is 9.59 Å². The Kier molecular flexibility index (Phi) is 4.53. The lowest BCUT2D eigenvalue weighted by molar-refractivity contribution is -0.131. The predicted molar refractivity (Wildman–Crippen MR) is 77.8 cm³/mol. The van der Waals surface area contributed by atoms with Crippen molar-refractivity contribution in [2.45, 2.75) is 35.8 Å². The fourth-order valence-corrected chi connectivity index (χ4v) is 3.06. The molecule has 1 aromatic carbocycles. The number of Topliss-reactive ketones (excluding diaryl/α,β-unsaturated/α-hetero) is 1. The maximum absolute atomic E-state index is 12.3. The zero-order chi connectivity index (χ0) is 16.5. The van der Waals surface area contributed by atoms with E-state index in [0.717, 1.165) is 0 Å². The first-order valence-electron chi connectivity index (χ1n) is 6.50. The summed E-state index contributed by atoms with van der Waals surface area (Å²) in [6, 6.07) is 5.04. The lowest BCUT2D eigenvalue weighted by Crippen LogP contribution is -2.50. The van der Waals surface area contributed by atoms with E-state index < -0.39 is 22.9 Å². The lowest BCUT2D eigenvalue weighted by Gasteiger charge is -2.30. The predicted octanol–water partition coefficient (Wildman–Crippen LogP) is 2.58. The second-order valence-corrected chi connectivity index (χ2v) is 6.63. The highest BCUT2D eigenvalue weighted by Gasteiger charge is 2.44. The smallest absolute Gasteiger partial charge is 0.346 e. The van der Waals surface area contributed by atoms with Gasteiger partial charge in [0.1, 0.15) is 6.04 Å². The van der Waals surface area contributed by atoms with Gasteiger partial charge < -0.3 is 4.90 Å². The molecule has 1 heterocycles. The molecule has 1 aromatic rings. The summed E-state index contributed by atoms with van der Waals surface area (Å²) in [5, 5.41) is 3.12. The quantitative estimate of drug-likeness (QED) is 0.522. The van der Waals surface area contributed by atoms with Crippen molar-refractivity contribution in [3.05, 3.63) is 24.3 Å². The number of aldehydes is 1. The molecule has 0 bridgehead atoms. The van der Waals surface area contributed by atoms with Crippen LogP contribution in [0, 0.1) is 0 Å². The SMILES string of the molecule is CC1(C)NCN(c2ccc(SC(F)(F)F)cc2)C1C(=O)C=O. The van der Waals surface area contributed by atoms with Gasteiger partial charge in [0, 0.05) is 16.1 Å². The number of hydrogen-bond acceptors (Lipinski definition) is 5. The molecule has 2 rings (SSSR count). The van der Waals surface area contributed by atoms with Crippen LogP contribution in [0.4, 0.5) is 18.9 Å². The van der Waals surface area contributed by atoms with E-state index in [1.807, 2.05) is 0 Å². The number of thioether (sulfide) groups is 1. The maximum Gasteiger partial charge on any atom is 0.446 e. The van der Waals surface area contributed by atoms with E-state index in [4.69, 9.17) is 0 Å². The van der Waals surface area contributed by atoms with E-state index in [0.29, 0.717) is 12.4 Å². The Morgan fingerprint density at radius 3 is 2.45 bits per heavy atom. The second kappa shape index (κ2) is 5.92. The molecule has 0 aliphatic carbocycles. The molecule has 1 aliphatic heterocycles. The van der Waals surface area contributed by atoms with Crippen molar-refractivity contribution < 1.29 is 22.8 Å². The minimum absolute atomic E-state index is 0.0703. The molecule has 0 amide bonds. The first-order valence-corrected chi connectivity index (χ1v) is 7.32. The van der Waals surface area contributed by atoms with Gasteiger partial charge in [-0.3, -0.25) is 14.9 Å². The van der Waals surface area contributed by atoms with Crippen molar-refractivity contribution in [1.29, 1.82) is 0 Å². The molecule has 0 saturated carbocycles. The Balaban J connectivity index is 2.24. The molecule has 0 aromatic heterocycles. The van der Waals surface area contributed by atoms with Gasteiger partial charge in [-0.2, -0.15) is 13.2 Å². The molecule has 22 heavy (non-hydrogen) atoms. The van der Waals surface area contributed by atoms with E-state index in [1.165, 1.54) is 24.3 Å². The number of carbonyl (C=O) groups excluding carboxylic acids is 2. The van der Waals surface area contributed by atoms with Gasteiger partial charge in [-0.05, 0) is 49.9 Å². The molecule has 0 radical (unpaired) electrons. The molecule has 1 saturated heterocycles. The Morgan fingerprint density at radius 1 is 1.36 bits per heavy atom.